The number of aromatic hydroxyl groups is 1. The van der Waals surface area contributed by atoms with E-state index in [1.807, 2.05) is 12.1 Å². The molecule has 0 saturated carbocycles. The summed E-state index contributed by atoms with van der Waals surface area (Å²) in [6, 6.07) is 28.8. The largest absolute Gasteiger partial charge is 0.508 e. The van der Waals surface area contributed by atoms with E-state index >= 15 is 0 Å². The lowest BCUT2D eigenvalue weighted by Crippen LogP contribution is -2.06. The molecule has 0 aromatic heterocycles. The van der Waals surface area contributed by atoms with E-state index in [2.05, 4.69) is 91.9 Å². The van der Waals surface area contributed by atoms with Gasteiger partial charge in [0.15, 0.2) is 0 Å². The van der Waals surface area contributed by atoms with Gasteiger partial charge in [-0.3, -0.25) is 0 Å². The molecule has 3 aromatic rings. The van der Waals surface area contributed by atoms with Gasteiger partial charge < -0.3 is 5.11 Å². The average Bonchev–Trinajstić information content (AvgIpc) is 2.84. The highest BCUT2D eigenvalue weighted by Gasteiger charge is 2.11. The number of phenols is 1. The zero-order valence-electron chi connectivity index (χ0n) is 19.2. The average molecular weight is 425 g/mol. The lowest BCUT2D eigenvalue weighted by molar-refractivity contribution is 0.453. The molecular weight excluding hydrogens is 388 g/mol. The molecule has 2 atom stereocenters. The summed E-state index contributed by atoms with van der Waals surface area (Å²) in [5, 5.41) is 9.63. The van der Waals surface area contributed by atoms with Crippen LogP contribution in [0.3, 0.4) is 0 Å². The molecule has 166 valence electrons. The van der Waals surface area contributed by atoms with E-state index < -0.39 is 0 Å². The SMILES string of the molecule is CCCCC(C=Cc1ccccc1)CCC(C=Cc1ccccc1)Cc1ccc(O)cc1. The van der Waals surface area contributed by atoms with Crippen LogP contribution in [0.5, 0.6) is 5.75 Å². The molecule has 1 heteroatoms. The lowest BCUT2D eigenvalue weighted by atomic mass is 9.87. The minimum atomic E-state index is 0.329. The molecule has 32 heavy (non-hydrogen) atoms. The molecule has 1 N–H and O–H groups in total. The molecule has 0 bridgehead atoms. The van der Waals surface area contributed by atoms with Crippen LogP contribution in [0.25, 0.3) is 12.2 Å². The van der Waals surface area contributed by atoms with Crippen LogP contribution in [-0.4, -0.2) is 5.11 Å². The summed E-state index contributed by atoms with van der Waals surface area (Å²) < 4.78 is 0. The highest BCUT2D eigenvalue weighted by Crippen LogP contribution is 2.25. The summed E-state index contributed by atoms with van der Waals surface area (Å²) in [4.78, 5) is 0. The third kappa shape index (κ3) is 8.59. The van der Waals surface area contributed by atoms with Gasteiger partial charge in [0.2, 0.25) is 0 Å². The fraction of sp³-hybridized carbons (Fsp3) is 0.290. The first-order valence-electron chi connectivity index (χ1n) is 12.0. The summed E-state index contributed by atoms with van der Waals surface area (Å²) in [6.45, 7) is 2.27. The van der Waals surface area contributed by atoms with E-state index in [9.17, 15) is 5.11 Å². The quantitative estimate of drug-likeness (QED) is 0.309. The summed E-state index contributed by atoms with van der Waals surface area (Å²) >= 11 is 0. The van der Waals surface area contributed by atoms with Crippen molar-refractivity contribution in [2.75, 3.05) is 0 Å². The first kappa shape index (κ1) is 23.6. The van der Waals surface area contributed by atoms with E-state index in [-0.39, 0.29) is 0 Å². The van der Waals surface area contributed by atoms with Crippen molar-refractivity contribution in [3.8, 4) is 5.75 Å². The predicted molar refractivity (Wildman–Crippen MR) is 139 cm³/mol. The Morgan fingerprint density at radius 3 is 1.75 bits per heavy atom. The summed E-state index contributed by atoms with van der Waals surface area (Å²) in [5.41, 5.74) is 3.80. The molecule has 3 rings (SSSR count). The van der Waals surface area contributed by atoms with Crippen LogP contribution < -0.4 is 0 Å². The Morgan fingerprint density at radius 1 is 0.656 bits per heavy atom. The van der Waals surface area contributed by atoms with E-state index in [1.165, 1.54) is 42.4 Å². The van der Waals surface area contributed by atoms with E-state index in [0.717, 1.165) is 12.8 Å². The second kappa shape index (κ2) is 13.4. The van der Waals surface area contributed by atoms with E-state index in [1.54, 1.807) is 12.1 Å². The molecule has 2 unspecified atom stereocenters. The molecule has 0 aliphatic rings. The van der Waals surface area contributed by atoms with Crippen molar-refractivity contribution in [1.29, 1.82) is 0 Å². The second-order valence-corrected chi connectivity index (χ2v) is 8.65. The molecule has 0 saturated heterocycles. The highest BCUT2D eigenvalue weighted by molar-refractivity contribution is 5.50. The van der Waals surface area contributed by atoms with Gasteiger partial charge in [0.1, 0.15) is 5.75 Å². The summed E-state index contributed by atoms with van der Waals surface area (Å²) in [7, 11) is 0. The molecule has 0 radical (unpaired) electrons. The van der Waals surface area contributed by atoms with Crippen LogP contribution in [0.15, 0.2) is 97.1 Å². The topological polar surface area (TPSA) is 20.2 Å². The van der Waals surface area contributed by atoms with Crippen LogP contribution in [-0.2, 0) is 6.42 Å². The zero-order valence-corrected chi connectivity index (χ0v) is 19.2. The van der Waals surface area contributed by atoms with Gasteiger partial charge in [0.05, 0.1) is 0 Å². The predicted octanol–water partition coefficient (Wildman–Crippen LogP) is 8.56. The van der Waals surface area contributed by atoms with Gasteiger partial charge in [-0.2, -0.15) is 0 Å². The number of rotatable bonds is 12. The molecule has 0 amide bonds. The van der Waals surface area contributed by atoms with E-state index in [0.29, 0.717) is 17.6 Å². The molecule has 1 nitrogen and oxygen atoms in total. The van der Waals surface area contributed by atoms with Crippen LogP contribution in [0.4, 0.5) is 0 Å². The summed E-state index contributed by atoms with van der Waals surface area (Å²) in [5.74, 6) is 1.40. The minimum Gasteiger partial charge on any atom is -0.508 e. The maximum Gasteiger partial charge on any atom is 0.115 e. The zero-order chi connectivity index (χ0) is 22.4. The normalized spacial score (nSPS) is 13.5. The van der Waals surface area contributed by atoms with Crippen molar-refractivity contribution in [2.45, 2.75) is 45.4 Å². The van der Waals surface area contributed by atoms with Crippen molar-refractivity contribution in [3.05, 3.63) is 114 Å². The second-order valence-electron chi connectivity index (χ2n) is 8.65. The minimum absolute atomic E-state index is 0.329. The van der Waals surface area contributed by atoms with Gasteiger partial charge in [-0.1, -0.05) is 117 Å². The molecular formula is C31H36O. The lowest BCUT2D eigenvalue weighted by Gasteiger charge is -2.18. The molecule has 0 spiro atoms. The van der Waals surface area contributed by atoms with Crippen molar-refractivity contribution >= 4 is 12.2 Å². The third-order valence-electron chi connectivity index (χ3n) is 5.99. The number of hydrogen-bond donors (Lipinski definition) is 1. The first-order valence-corrected chi connectivity index (χ1v) is 12.0. The van der Waals surface area contributed by atoms with E-state index in [4.69, 9.17) is 0 Å². The number of hydrogen-bond acceptors (Lipinski definition) is 1. The fourth-order valence-electron chi connectivity index (χ4n) is 4.06. The number of allylic oxidation sites excluding steroid dienone is 2. The van der Waals surface area contributed by atoms with Crippen LogP contribution in [0.1, 0.15) is 55.7 Å². The Bertz CT molecular complexity index is 939. The number of benzene rings is 3. The van der Waals surface area contributed by atoms with Crippen LogP contribution in [0, 0.1) is 11.8 Å². The standard InChI is InChI=1S/C31H36O/c1-2-3-10-28(16-15-26-11-6-4-7-12-26)18-20-29(19-17-27-13-8-5-9-14-27)25-30-21-23-31(32)24-22-30/h4-9,11-17,19,21-24,28-29,32H,2-3,10,18,20,25H2,1H3. The van der Waals surface area contributed by atoms with Gasteiger partial charge in [0.25, 0.3) is 0 Å². The highest BCUT2D eigenvalue weighted by atomic mass is 16.3. The molecule has 0 aliphatic heterocycles. The molecule has 3 aromatic carbocycles. The van der Waals surface area contributed by atoms with Gasteiger partial charge in [-0.25, -0.2) is 0 Å². The van der Waals surface area contributed by atoms with Gasteiger partial charge >= 0.3 is 0 Å². The van der Waals surface area contributed by atoms with Gasteiger partial charge in [0, 0.05) is 0 Å². The van der Waals surface area contributed by atoms with Crippen molar-refractivity contribution in [3.63, 3.8) is 0 Å². The van der Waals surface area contributed by atoms with Gasteiger partial charge in [-0.05, 0) is 66.3 Å². The van der Waals surface area contributed by atoms with Crippen LogP contribution >= 0.6 is 0 Å². The maximum atomic E-state index is 9.63. The van der Waals surface area contributed by atoms with Crippen molar-refractivity contribution in [2.24, 2.45) is 11.8 Å². The Morgan fingerprint density at radius 2 is 1.19 bits per heavy atom. The molecule has 0 fully saturated rings. The van der Waals surface area contributed by atoms with Crippen LogP contribution in [0.2, 0.25) is 0 Å². The Labute approximate surface area is 194 Å². The fourth-order valence-corrected chi connectivity index (χ4v) is 4.06. The first-order chi connectivity index (χ1) is 15.7. The molecule has 0 heterocycles. The maximum absolute atomic E-state index is 9.63. The number of unbranched alkanes of at least 4 members (excludes halogenated alkanes) is 1. The Balaban J connectivity index is 1.69. The summed E-state index contributed by atoms with van der Waals surface area (Å²) in [6.07, 6.45) is 16.4. The van der Waals surface area contributed by atoms with Crippen molar-refractivity contribution < 1.29 is 5.11 Å². The Kier molecular flexibility index (Phi) is 9.86. The van der Waals surface area contributed by atoms with Crippen molar-refractivity contribution in [1.82, 2.24) is 0 Å². The Hall–Kier alpha value is -3.06. The number of phenolic OH excluding ortho intramolecular Hbond substituents is 1. The smallest absolute Gasteiger partial charge is 0.115 e. The monoisotopic (exact) mass is 424 g/mol. The van der Waals surface area contributed by atoms with Gasteiger partial charge in [-0.15, -0.1) is 0 Å². The third-order valence-corrected chi connectivity index (χ3v) is 5.99. The molecule has 0 aliphatic carbocycles.